The number of rotatable bonds is 3. The quantitative estimate of drug-likeness (QED) is 0.795. The summed E-state index contributed by atoms with van der Waals surface area (Å²) in [7, 11) is 1.48. The Hall–Kier alpha value is -1.27. The summed E-state index contributed by atoms with van der Waals surface area (Å²) in [6.45, 7) is 2.42. The summed E-state index contributed by atoms with van der Waals surface area (Å²) in [6.07, 6.45) is 0.767. The van der Waals surface area contributed by atoms with Crippen LogP contribution in [0.25, 0.3) is 0 Å². The minimum Gasteiger partial charge on any atom is -0.482 e. The summed E-state index contributed by atoms with van der Waals surface area (Å²) in [6, 6.07) is 4.24. The highest BCUT2D eigenvalue weighted by molar-refractivity contribution is 8.13. The molecule has 0 aromatic heterocycles. The Bertz CT molecular complexity index is 585. The van der Waals surface area contributed by atoms with Crippen LogP contribution in [-0.2, 0) is 13.8 Å². The number of hydrogen-bond donors (Lipinski definition) is 0. The van der Waals surface area contributed by atoms with E-state index in [4.69, 9.17) is 15.4 Å². The second-order valence-corrected chi connectivity index (χ2v) is 6.47. The lowest BCUT2D eigenvalue weighted by molar-refractivity contribution is -0.121. The van der Waals surface area contributed by atoms with Crippen LogP contribution in [0.3, 0.4) is 0 Å². The van der Waals surface area contributed by atoms with Gasteiger partial charge in [0.2, 0.25) is 0 Å². The van der Waals surface area contributed by atoms with Gasteiger partial charge >= 0.3 is 0 Å². The molecule has 98 valence electrons. The normalized spacial score (nSPS) is 15.2. The van der Waals surface area contributed by atoms with Crippen LogP contribution in [-0.4, -0.2) is 27.5 Å². The lowest BCUT2D eigenvalue weighted by atomic mass is 10.2. The molecule has 0 saturated heterocycles. The van der Waals surface area contributed by atoms with Crippen molar-refractivity contribution in [3.05, 3.63) is 18.2 Å². The van der Waals surface area contributed by atoms with Gasteiger partial charge in [-0.3, -0.25) is 4.79 Å². The third-order valence-corrected chi connectivity index (χ3v) is 3.95. The monoisotopic (exact) mass is 289 g/mol. The van der Waals surface area contributed by atoms with E-state index >= 15 is 0 Å². The Kier molecular flexibility index (Phi) is 3.49. The van der Waals surface area contributed by atoms with E-state index < -0.39 is 9.05 Å². The fourth-order valence-corrected chi connectivity index (χ4v) is 2.57. The van der Waals surface area contributed by atoms with Crippen LogP contribution in [0.15, 0.2) is 23.1 Å². The predicted octanol–water partition coefficient (Wildman–Crippen LogP) is 1.75. The topological polar surface area (TPSA) is 63.7 Å². The first-order chi connectivity index (χ1) is 8.43. The van der Waals surface area contributed by atoms with E-state index in [1.165, 1.54) is 23.1 Å². The fraction of sp³-hybridized carbons (Fsp3) is 0.364. The van der Waals surface area contributed by atoms with Crippen molar-refractivity contribution >= 4 is 31.3 Å². The lowest BCUT2D eigenvalue weighted by Gasteiger charge is -2.29. The van der Waals surface area contributed by atoms with Crippen LogP contribution in [0.1, 0.15) is 13.3 Å². The van der Waals surface area contributed by atoms with Gasteiger partial charge in [0.15, 0.2) is 6.61 Å². The van der Waals surface area contributed by atoms with Gasteiger partial charge in [-0.05, 0) is 24.6 Å². The van der Waals surface area contributed by atoms with Gasteiger partial charge < -0.3 is 9.64 Å². The van der Waals surface area contributed by atoms with Gasteiger partial charge in [-0.15, -0.1) is 0 Å². The van der Waals surface area contributed by atoms with Crippen molar-refractivity contribution in [1.29, 1.82) is 0 Å². The molecule has 18 heavy (non-hydrogen) atoms. The number of fused-ring (bicyclic) bond motifs is 1. The van der Waals surface area contributed by atoms with E-state index in [9.17, 15) is 13.2 Å². The van der Waals surface area contributed by atoms with Crippen LogP contribution in [0, 0.1) is 0 Å². The third kappa shape index (κ3) is 2.44. The molecule has 1 aliphatic heterocycles. The first kappa shape index (κ1) is 13.2. The SMILES string of the molecule is CCCN1C(=O)COc2ccc(S(=O)(=O)Cl)cc21. The maximum absolute atomic E-state index is 11.7. The highest BCUT2D eigenvalue weighted by atomic mass is 35.7. The molecular formula is C11H12ClNO4S. The zero-order valence-electron chi connectivity index (χ0n) is 9.72. The number of halogens is 1. The molecule has 2 rings (SSSR count). The maximum atomic E-state index is 11.7. The van der Waals surface area contributed by atoms with Crippen LogP contribution in [0.2, 0.25) is 0 Å². The van der Waals surface area contributed by atoms with Crippen LogP contribution in [0.5, 0.6) is 5.75 Å². The Morgan fingerprint density at radius 3 is 2.78 bits per heavy atom. The third-order valence-electron chi connectivity index (χ3n) is 2.60. The number of benzene rings is 1. The largest absolute Gasteiger partial charge is 0.482 e. The number of amides is 1. The molecule has 1 amide bonds. The van der Waals surface area contributed by atoms with E-state index in [2.05, 4.69) is 0 Å². The van der Waals surface area contributed by atoms with Crippen LogP contribution < -0.4 is 9.64 Å². The first-order valence-electron chi connectivity index (χ1n) is 5.45. The van der Waals surface area contributed by atoms with E-state index in [0.29, 0.717) is 18.0 Å². The first-order valence-corrected chi connectivity index (χ1v) is 7.76. The second-order valence-electron chi connectivity index (χ2n) is 3.90. The van der Waals surface area contributed by atoms with Gasteiger partial charge in [0, 0.05) is 17.2 Å². The molecule has 0 bridgehead atoms. The van der Waals surface area contributed by atoms with Crippen molar-refractivity contribution < 1.29 is 17.9 Å². The van der Waals surface area contributed by atoms with Crippen molar-refractivity contribution in [2.24, 2.45) is 0 Å². The molecule has 0 unspecified atom stereocenters. The molecule has 5 nitrogen and oxygen atoms in total. The highest BCUT2D eigenvalue weighted by Crippen LogP contribution is 2.34. The fourth-order valence-electron chi connectivity index (χ4n) is 1.80. The molecule has 1 heterocycles. The number of anilines is 1. The average Bonchev–Trinajstić information content (AvgIpc) is 2.31. The Morgan fingerprint density at radius 1 is 1.44 bits per heavy atom. The summed E-state index contributed by atoms with van der Waals surface area (Å²) >= 11 is 0. The molecule has 0 fully saturated rings. The second kappa shape index (κ2) is 4.78. The summed E-state index contributed by atoms with van der Waals surface area (Å²) in [5.41, 5.74) is 0.454. The summed E-state index contributed by atoms with van der Waals surface area (Å²) in [5, 5.41) is 0. The van der Waals surface area contributed by atoms with E-state index in [-0.39, 0.29) is 17.4 Å². The van der Waals surface area contributed by atoms with Gasteiger partial charge in [-0.2, -0.15) is 0 Å². The molecule has 1 aromatic carbocycles. The van der Waals surface area contributed by atoms with Crippen molar-refractivity contribution in [2.75, 3.05) is 18.1 Å². The highest BCUT2D eigenvalue weighted by Gasteiger charge is 2.26. The van der Waals surface area contributed by atoms with Gasteiger partial charge in [0.25, 0.3) is 15.0 Å². The minimum absolute atomic E-state index is 0.0278. The van der Waals surface area contributed by atoms with Gasteiger partial charge in [0.05, 0.1) is 10.6 Å². The van der Waals surface area contributed by atoms with E-state index in [1.54, 1.807) is 0 Å². The predicted molar refractivity (Wildman–Crippen MR) is 67.6 cm³/mol. The molecular weight excluding hydrogens is 278 g/mol. The number of nitrogens with zero attached hydrogens (tertiary/aromatic N) is 1. The van der Waals surface area contributed by atoms with Crippen molar-refractivity contribution in [1.82, 2.24) is 0 Å². The zero-order valence-corrected chi connectivity index (χ0v) is 11.3. The Labute approximate surface area is 110 Å². The lowest BCUT2D eigenvalue weighted by Crippen LogP contribution is -2.39. The van der Waals surface area contributed by atoms with Crippen molar-refractivity contribution in [2.45, 2.75) is 18.2 Å². The molecule has 0 aliphatic carbocycles. The standard InChI is InChI=1S/C11H12ClNO4S/c1-2-5-13-9-6-8(18(12,15)16)3-4-10(9)17-7-11(13)14/h3-4,6H,2,5,7H2,1H3. The van der Waals surface area contributed by atoms with Gasteiger partial charge in [-0.1, -0.05) is 6.92 Å². The van der Waals surface area contributed by atoms with Gasteiger partial charge in [-0.25, -0.2) is 8.42 Å². The molecule has 0 N–H and O–H groups in total. The summed E-state index contributed by atoms with van der Waals surface area (Å²) in [4.78, 5) is 13.2. The summed E-state index contributed by atoms with van der Waals surface area (Å²) < 4.78 is 27.8. The maximum Gasteiger partial charge on any atom is 0.265 e. The smallest absolute Gasteiger partial charge is 0.265 e. The molecule has 1 aromatic rings. The Morgan fingerprint density at radius 2 is 2.17 bits per heavy atom. The van der Waals surface area contributed by atoms with E-state index in [0.717, 1.165) is 6.42 Å². The number of ether oxygens (including phenoxy) is 1. The van der Waals surface area contributed by atoms with Crippen LogP contribution >= 0.6 is 10.7 Å². The number of carbonyl (C=O) groups is 1. The molecule has 0 atom stereocenters. The average molecular weight is 290 g/mol. The van der Waals surface area contributed by atoms with Crippen molar-refractivity contribution in [3.8, 4) is 5.75 Å². The number of carbonyl (C=O) groups excluding carboxylic acids is 1. The molecule has 0 spiro atoms. The van der Waals surface area contributed by atoms with Gasteiger partial charge in [0.1, 0.15) is 5.75 Å². The van der Waals surface area contributed by atoms with Crippen LogP contribution in [0.4, 0.5) is 5.69 Å². The molecule has 0 saturated carbocycles. The molecule has 7 heteroatoms. The van der Waals surface area contributed by atoms with Crippen molar-refractivity contribution in [3.63, 3.8) is 0 Å². The molecule has 0 radical (unpaired) electrons. The summed E-state index contributed by atoms with van der Waals surface area (Å²) in [5.74, 6) is 0.306. The Balaban J connectivity index is 2.51. The molecule has 1 aliphatic rings. The van der Waals surface area contributed by atoms with E-state index in [1.807, 2.05) is 6.92 Å². The zero-order chi connectivity index (χ0) is 13.3. The minimum atomic E-state index is -3.81. The number of hydrogen-bond acceptors (Lipinski definition) is 4.